The van der Waals surface area contributed by atoms with E-state index in [4.69, 9.17) is 14.2 Å². The molecule has 1 N–H and O–H groups in total. The van der Waals surface area contributed by atoms with Gasteiger partial charge >= 0.3 is 5.97 Å². The summed E-state index contributed by atoms with van der Waals surface area (Å²) in [4.78, 5) is 24.1. The van der Waals surface area contributed by atoms with Gasteiger partial charge in [0, 0.05) is 18.9 Å². The van der Waals surface area contributed by atoms with Crippen LogP contribution in [0, 0.1) is 0 Å². The van der Waals surface area contributed by atoms with Gasteiger partial charge in [0.15, 0.2) is 12.0 Å². The molecule has 0 radical (unpaired) electrons. The topological polar surface area (TPSA) is 105 Å². The third-order valence-corrected chi connectivity index (χ3v) is 3.63. The van der Waals surface area contributed by atoms with Crippen LogP contribution in [0.3, 0.4) is 0 Å². The standard InChI is InChI=1S/C19H26N4O5/c1-4-11-28-19(25)14-7-9-15(10-8-14)20-18(24)16-12-23(22-21-16)13-17(26-5-2)27-6-3/h7-10,12,17H,4-6,11,13H2,1-3H3,(H,20,24). The number of ether oxygens (including phenoxy) is 3. The van der Waals surface area contributed by atoms with Gasteiger partial charge in [-0.3, -0.25) is 4.79 Å². The molecule has 1 aromatic heterocycles. The van der Waals surface area contributed by atoms with Crippen LogP contribution >= 0.6 is 0 Å². The van der Waals surface area contributed by atoms with Gasteiger partial charge in [-0.15, -0.1) is 5.10 Å². The minimum absolute atomic E-state index is 0.165. The number of anilines is 1. The SMILES string of the molecule is CCCOC(=O)c1ccc(NC(=O)c2cn(CC(OCC)OCC)nn2)cc1. The fraction of sp³-hybridized carbons (Fsp3) is 0.474. The second-order valence-electron chi connectivity index (χ2n) is 5.83. The summed E-state index contributed by atoms with van der Waals surface area (Å²) < 4.78 is 17.5. The average molecular weight is 390 g/mol. The second-order valence-corrected chi connectivity index (χ2v) is 5.83. The van der Waals surface area contributed by atoms with Crippen molar-refractivity contribution < 1.29 is 23.8 Å². The number of nitrogens with zero attached hydrogens (tertiary/aromatic N) is 3. The Morgan fingerprint density at radius 1 is 1.11 bits per heavy atom. The van der Waals surface area contributed by atoms with Gasteiger partial charge in [-0.2, -0.15) is 0 Å². The van der Waals surface area contributed by atoms with Crippen LogP contribution in [-0.2, 0) is 20.8 Å². The molecular weight excluding hydrogens is 364 g/mol. The van der Waals surface area contributed by atoms with Crippen molar-refractivity contribution in [2.75, 3.05) is 25.1 Å². The Bertz CT molecular complexity index is 754. The number of nitrogens with one attached hydrogen (secondary N) is 1. The van der Waals surface area contributed by atoms with E-state index < -0.39 is 12.2 Å². The Morgan fingerprint density at radius 2 is 1.79 bits per heavy atom. The molecule has 1 heterocycles. The Kier molecular flexibility index (Phi) is 8.57. The van der Waals surface area contributed by atoms with E-state index in [0.717, 1.165) is 6.42 Å². The molecule has 152 valence electrons. The van der Waals surface area contributed by atoms with E-state index in [0.29, 0.717) is 37.6 Å². The summed E-state index contributed by atoms with van der Waals surface area (Å²) in [6, 6.07) is 6.45. The van der Waals surface area contributed by atoms with E-state index >= 15 is 0 Å². The van der Waals surface area contributed by atoms with Crippen LogP contribution in [0.15, 0.2) is 30.5 Å². The number of benzene rings is 1. The molecule has 0 spiro atoms. The Hall–Kier alpha value is -2.78. The highest BCUT2D eigenvalue weighted by Crippen LogP contribution is 2.12. The molecule has 28 heavy (non-hydrogen) atoms. The molecule has 0 saturated carbocycles. The van der Waals surface area contributed by atoms with Crippen LogP contribution in [0.4, 0.5) is 5.69 Å². The largest absolute Gasteiger partial charge is 0.462 e. The first-order valence-electron chi connectivity index (χ1n) is 9.29. The van der Waals surface area contributed by atoms with Crippen molar-refractivity contribution in [2.45, 2.75) is 40.0 Å². The number of esters is 1. The quantitative estimate of drug-likeness (QED) is 0.464. The Labute approximate surface area is 164 Å². The molecule has 0 aliphatic carbocycles. The summed E-state index contributed by atoms with van der Waals surface area (Å²) in [5, 5.41) is 10.5. The smallest absolute Gasteiger partial charge is 0.338 e. The van der Waals surface area contributed by atoms with E-state index in [1.807, 2.05) is 20.8 Å². The first kappa shape index (κ1) is 21.5. The molecular formula is C19H26N4O5. The summed E-state index contributed by atoms with van der Waals surface area (Å²) >= 11 is 0. The van der Waals surface area contributed by atoms with Gasteiger partial charge < -0.3 is 19.5 Å². The molecule has 0 fully saturated rings. The predicted octanol–water partition coefficient (Wildman–Crippen LogP) is 2.50. The van der Waals surface area contributed by atoms with Gasteiger partial charge in [-0.1, -0.05) is 12.1 Å². The number of hydrogen-bond donors (Lipinski definition) is 1. The van der Waals surface area contributed by atoms with Crippen molar-refractivity contribution in [1.29, 1.82) is 0 Å². The lowest BCUT2D eigenvalue weighted by molar-refractivity contribution is -0.145. The maximum atomic E-state index is 12.3. The number of hydrogen-bond acceptors (Lipinski definition) is 7. The van der Waals surface area contributed by atoms with E-state index in [-0.39, 0.29) is 11.7 Å². The predicted molar refractivity (Wildman–Crippen MR) is 102 cm³/mol. The summed E-state index contributed by atoms with van der Waals surface area (Å²) in [5.74, 6) is -0.794. The van der Waals surface area contributed by atoms with Gasteiger partial charge in [0.25, 0.3) is 5.91 Å². The third kappa shape index (κ3) is 6.43. The zero-order valence-electron chi connectivity index (χ0n) is 16.4. The average Bonchev–Trinajstić information content (AvgIpc) is 3.16. The van der Waals surface area contributed by atoms with Crippen molar-refractivity contribution in [3.05, 3.63) is 41.7 Å². The molecule has 0 atom stereocenters. The van der Waals surface area contributed by atoms with E-state index in [9.17, 15) is 9.59 Å². The van der Waals surface area contributed by atoms with Crippen LogP contribution in [0.1, 0.15) is 48.0 Å². The van der Waals surface area contributed by atoms with Gasteiger partial charge in [0.05, 0.1) is 24.9 Å². The molecule has 0 bridgehead atoms. The number of amides is 1. The molecule has 1 aromatic carbocycles. The van der Waals surface area contributed by atoms with Crippen LogP contribution < -0.4 is 5.32 Å². The van der Waals surface area contributed by atoms with Crippen molar-refractivity contribution in [1.82, 2.24) is 15.0 Å². The highest BCUT2D eigenvalue weighted by atomic mass is 16.7. The molecule has 1 amide bonds. The number of aromatic nitrogens is 3. The van der Waals surface area contributed by atoms with Crippen molar-refractivity contribution in [2.24, 2.45) is 0 Å². The minimum atomic E-state index is -0.451. The molecule has 0 aliphatic heterocycles. The Morgan fingerprint density at radius 3 is 2.39 bits per heavy atom. The molecule has 9 heteroatoms. The molecule has 0 aliphatic rings. The van der Waals surface area contributed by atoms with Gasteiger partial charge in [0.2, 0.25) is 0 Å². The highest BCUT2D eigenvalue weighted by Gasteiger charge is 2.15. The summed E-state index contributed by atoms with van der Waals surface area (Å²) in [7, 11) is 0. The first-order chi connectivity index (χ1) is 13.6. The van der Waals surface area contributed by atoms with Gasteiger partial charge in [-0.05, 0) is 44.5 Å². The first-order valence-corrected chi connectivity index (χ1v) is 9.29. The van der Waals surface area contributed by atoms with Gasteiger partial charge in [-0.25, -0.2) is 9.48 Å². The van der Waals surface area contributed by atoms with E-state index in [2.05, 4.69) is 15.6 Å². The zero-order chi connectivity index (χ0) is 20.4. The maximum Gasteiger partial charge on any atom is 0.338 e. The van der Waals surface area contributed by atoms with E-state index in [1.54, 1.807) is 24.3 Å². The van der Waals surface area contributed by atoms with Gasteiger partial charge in [0.1, 0.15) is 0 Å². The van der Waals surface area contributed by atoms with Crippen molar-refractivity contribution >= 4 is 17.6 Å². The molecule has 0 unspecified atom stereocenters. The fourth-order valence-electron chi connectivity index (χ4n) is 2.33. The number of rotatable bonds is 11. The monoisotopic (exact) mass is 390 g/mol. The van der Waals surface area contributed by atoms with Crippen molar-refractivity contribution in [3.63, 3.8) is 0 Å². The number of carbonyl (C=O) groups excluding carboxylic acids is 2. The maximum absolute atomic E-state index is 12.3. The van der Waals surface area contributed by atoms with Crippen molar-refractivity contribution in [3.8, 4) is 0 Å². The molecule has 9 nitrogen and oxygen atoms in total. The number of carbonyl (C=O) groups is 2. The third-order valence-electron chi connectivity index (χ3n) is 3.63. The van der Waals surface area contributed by atoms with E-state index in [1.165, 1.54) is 10.9 Å². The normalized spacial score (nSPS) is 10.9. The second kappa shape index (κ2) is 11.2. The highest BCUT2D eigenvalue weighted by molar-refractivity contribution is 6.02. The Balaban J connectivity index is 1.94. The molecule has 2 aromatic rings. The molecule has 2 rings (SSSR count). The van der Waals surface area contributed by atoms with Crippen LogP contribution in [0.5, 0.6) is 0 Å². The van der Waals surface area contributed by atoms with Crippen LogP contribution in [0.25, 0.3) is 0 Å². The minimum Gasteiger partial charge on any atom is -0.462 e. The van der Waals surface area contributed by atoms with Crippen LogP contribution in [-0.4, -0.2) is 53.0 Å². The lowest BCUT2D eigenvalue weighted by Gasteiger charge is -2.16. The zero-order valence-corrected chi connectivity index (χ0v) is 16.4. The summed E-state index contributed by atoms with van der Waals surface area (Å²) in [6.07, 6.45) is 1.83. The lowest BCUT2D eigenvalue weighted by Crippen LogP contribution is -2.24. The van der Waals surface area contributed by atoms with Crippen LogP contribution in [0.2, 0.25) is 0 Å². The summed E-state index contributed by atoms with van der Waals surface area (Å²) in [6.45, 7) is 7.40. The summed E-state index contributed by atoms with van der Waals surface area (Å²) in [5.41, 5.74) is 1.13. The lowest BCUT2D eigenvalue weighted by atomic mass is 10.2. The molecule has 0 saturated heterocycles. The fourth-order valence-corrected chi connectivity index (χ4v) is 2.33.